The van der Waals surface area contributed by atoms with Crippen molar-refractivity contribution in [2.75, 3.05) is 11.9 Å². The summed E-state index contributed by atoms with van der Waals surface area (Å²) in [7, 11) is 0. The minimum Gasteiger partial charge on any atom is -0.491 e. The zero-order chi connectivity index (χ0) is 13.7. The van der Waals surface area contributed by atoms with Crippen molar-refractivity contribution in [1.82, 2.24) is 0 Å². The van der Waals surface area contributed by atoms with Gasteiger partial charge in [0.25, 0.3) is 0 Å². The monoisotopic (exact) mass is 295 g/mol. The number of anilines is 1. The Hall–Kier alpha value is -1.19. The van der Waals surface area contributed by atoms with Gasteiger partial charge in [-0.15, -0.1) is 11.3 Å². The van der Waals surface area contributed by atoms with Crippen molar-refractivity contribution < 1.29 is 4.74 Å². The first-order valence-corrected chi connectivity index (χ1v) is 7.60. The number of hydrogen-bond donors (Lipinski definition) is 1. The van der Waals surface area contributed by atoms with E-state index in [-0.39, 0.29) is 0 Å². The Balaban J connectivity index is 2.06. The molecule has 0 aliphatic rings. The summed E-state index contributed by atoms with van der Waals surface area (Å²) in [6.45, 7) is 5.72. The molecule has 2 rings (SSSR count). The van der Waals surface area contributed by atoms with Crippen molar-refractivity contribution in [3.05, 3.63) is 45.1 Å². The lowest BCUT2D eigenvalue weighted by molar-refractivity contribution is 0.319. The fourth-order valence-electron chi connectivity index (χ4n) is 1.74. The second kappa shape index (κ2) is 6.83. The van der Waals surface area contributed by atoms with Crippen molar-refractivity contribution in [2.45, 2.75) is 26.8 Å². The highest BCUT2D eigenvalue weighted by Crippen LogP contribution is 2.29. The van der Waals surface area contributed by atoms with Gasteiger partial charge in [-0.3, -0.25) is 0 Å². The molecule has 0 bridgehead atoms. The minimum atomic E-state index is 0.716. The molecule has 2 nitrogen and oxygen atoms in total. The number of benzene rings is 1. The van der Waals surface area contributed by atoms with Crippen molar-refractivity contribution in [3.63, 3.8) is 0 Å². The first-order valence-electron chi connectivity index (χ1n) is 6.40. The average Bonchev–Trinajstić information content (AvgIpc) is 2.81. The maximum atomic E-state index is 6.04. The largest absolute Gasteiger partial charge is 0.491 e. The molecule has 19 heavy (non-hydrogen) atoms. The first-order chi connectivity index (χ1) is 9.19. The lowest BCUT2D eigenvalue weighted by atomic mass is 10.3. The van der Waals surface area contributed by atoms with Crippen LogP contribution in [0.3, 0.4) is 0 Å². The summed E-state index contributed by atoms with van der Waals surface area (Å²) in [5, 5.41) is 4.11. The number of thiophene rings is 1. The molecule has 0 saturated heterocycles. The number of nitrogens with one attached hydrogen (secondary N) is 1. The van der Waals surface area contributed by atoms with E-state index in [4.69, 9.17) is 16.3 Å². The summed E-state index contributed by atoms with van der Waals surface area (Å²) in [6.07, 6.45) is 0.992. The van der Waals surface area contributed by atoms with E-state index in [1.807, 2.05) is 18.2 Å². The number of halogens is 1. The Morgan fingerprint density at radius 1 is 1.26 bits per heavy atom. The average molecular weight is 296 g/mol. The van der Waals surface area contributed by atoms with Crippen LogP contribution in [0.1, 0.15) is 23.1 Å². The molecular formula is C15H18ClNOS. The van der Waals surface area contributed by atoms with Gasteiger partial charge in [0.05, 0.1) is 12.3 Å². The van der Waals surface area contributed by atoms with Crippen molar-refractivity contribution in [3.8, 4) is 5.75 Å². The van der Waals surface area contributed by atoms with Crippen molar-refractivity contribution in [1.29, 1.82) is 0 Å². The smallest absolute Gasteiger partial charge is 0.142 e. The van der Waals surface area contributed by atoms with Crippen LogP contribution in [0.15, 0.2) is 30.3 Å². The highest BCUT2D eigenvalue weighted by molar-refractivity contribution is 7.11. The second-order valence-electron chi connectivity index (χ2n) is 4.35. The molecule has 0 spiro atoms. The standard InChI is InChI=1S/C15H18ClNOS/c1-3-8-18-15-7-5-12(16)9-14(15)17-10-13-6-4-11(2)19-13/h4-7,9,17H,3,8,10H2,1-2H3. The third-order valence-electron chi connectivity index (χ3n) is 2.65. The number of rotatable bonds is 6. The molecule has 0 aliphatic carbocycles. The van der Waals surface area contributed by atoms with Gasteiger partial charge < -0.3 is 10.1 Å². The van der Waals surface area contributed by atoms with Crippen LogP contribution in [0, 0.1) is 6.92 Å². The predicted octanol–water partition coefficient (Wildman–Crippen LogP) is 5.11. The van der Waals surface area contributed by atoms with Crippen LogP contribution in [0.4, 0.5) is 5.69 Å². The van der Waals surface area contributed by atoms with Gasteiger partial charge >= 0.3 is 0 Å². The Morgan fingerprint density at radius 3 is 2.79 bits per heavy atom. The van der Waals surface area contributed by atoms with Gasteiger partial charge in [0.2, 0.25) is 0 Å². The number of hydrogen-bond acceptors (Lipinski definition) is 3. The first kappa shape index (κ1) is 14.2. The Morgan fingerprint density at radius 2 is 2.11 bits per heavy atom. The van der Waals surface area contributed by atoms with Crippen molar-refractivity contribution >= 4 is 28.6 Å². The van der Waals surface area contributed by atoms with Crippen LogP contribution in [0.25, 0.3) is 0 Å². The summed E-state index contributed by atoms with van der Waals surface area (Å²) >= 11 is 7.84. The summed E-state index contributed by atoms with van der Waals surface area (Å²) in [5.41, 5.74) is 0.951. The zero-order valence-electron chi connectivity index (χ0n) is 11.2. The van der Waals surface area contributed by atoms with E-state index >= 15 is 0 Å². The van der Waals surface area contributed by atoms with Gasteiger partial charge in [0, 0.05) is 21.3 Å². The predicted molar refractivity (Wildman–Crippen MR) is 83.6 cm³/mol. The molecule has 0 atom stereocenters. The Kier molecular flexibility index (Phi) is 5.11. The van der Waals surface area contributed by atoms with E-state index in [2.05, 4.69) is 31.3 Å². The molecule has 1 heterocycles. The molecule has 0 radical (unpaired) electrons. The Bertz CT molecular complexity index is 539. The molecule has 0 amide bonds. The fraction of sp³-hybridized carbons (Fsp3) is 0.333. The third kappa shape index (κ3) is 4.15. The summed E-state index contributed by atoms with van der Waals surface area (Å²) in [4.78, 5) is 2.63. The summed E-state index contributed by atoms with van der Waals surface area (Å²) in [5.74, 6) is 0.861. The fourth-order valence-corrected chi connectivity index (χ4v) is 2.74. The second-order valence-corrected chi connectivity index (χ2v) is 6.16. The lowest BCUT2D eigenvalue weighted by Gasteiger charge is -2.12. The van der Waals surface area contributed by atoms with Crippen LogP contribution in [-0.4, -0.2) is 6.61 Å². The van der Waals surface area contributed by atoms with Crippen LogP contribution in [0.5, 0.6) is 5.75 Å². The highest BCUT2D eigenvalue weighted by Gasteiger charge is 2.05. The highest BCUT2D eigenvalue weighted by atomic mass is 35.5. The molecule has 1 aromatic carbocycles. The molecular weight excluding hydrogens is 278 g/mol. The molecule has 1 aromatic heterocycles. The van der Waals surface area contributed by atoms with Gasteiger partial charge in [-0.25, -0.2) is 0 Å². The van der Waals surface area contributed by atoms with Crippen molar-refractivity contribution in [2.24, 2.45) is 0 Å². The molecule has 0 unspecified atom stereocenters. The number of ether oxygens (including phenoxy) is 1. The van der Waals surface area contributed by atoms with Gasteiger partial charge in [0.15, 0.2) is 0 Å². The minimum absolute atomic E-state index is 0.716. The maximum Gasteiger partial charge on any atom is 0.142 e. The molecule has 102 valence electrons. The maximum absolute atomic E-state index is 6.04. The van der Waals surface area contributed by atoms with Crippen LogP contribution < -0.4 is 10.1 Å². The third-order valence-corrected chi connectivity index (χ3v) is 3.89. The van der Waals surface area contributed by atoms with Gasteiger partial charge in [0.1, 0.15) is 5.75 Å². The molecule has 0 fully saturated rings. The quantitative estimate of drug-likeness (QED) is 0.799. The number of aryl methyl sites for hydroxylation is 1. The van der Waals surface area contributed by atoms with Gasteiger partial charge in [-0.1, -0.05) is 18.5 Å². The lowest BCUT2D eigenvalue weighted by Crippen LogP contribution is -2.02. The molecule has 2 aromatic rings. The van der Waals surface area contributed by atoms with Crippen LogP contribution in [-0.2, 0) is 6.54 Å². The van der Waals surface area contributed by atoms with E-state index in [0.29, 0.717) is 11.6 Å². The summed E-state index contributed by atoms with van der Waals surface area (Å²) < 4.78 is 5.72. The molecule has 0 aliphatic heterocycles. The normalized spacial score (nSPS) is 10.5. The zero-order valence-corrected chi connectivity index (χ0v) is 12.8. The molecule has 0 saturated carbocycles. The van der Waals surface area contributed by atoms with E-state index in [9.17, 15) is 0 Å². The van der Waals surface area contributed by atoms with E-state index < -0.39 is 0 Å². The van der Waals surface area contributed by atoms with Crippen LogP contribution >= 0.6 is 22.9 Å². The Labute approximate surface area is 123 Å². The van der Waals surface area contributed by atoms with Gasteiger partial charge in [-0.05, 0) is 43.7 Å². The van der Waals surface area contributed by atoms with Gasteiger partial charge in [-0.2, -0.15) is 0 Å². The van der Waals surface area contributed by atoms with E-state index in [1.54, 1.807) is 11.3 Å². The topological polar surface area (TPSA) is 21.3 Å². The van der Waals surface area contributed by atoms with E-state index in [1.165, 1.54) is 9.75 Å². The SMILES string of the molecule is CCCOc1ccc(Cl)cc1NCc1ccc(C)s1. The van der Waals surface area contributed by atoms with Crippen LogP contribution in [0.2, 0.25) is 5.02 Å². The molecule has 1 N–H and O–H groups in total. The molecule has 4 heteroatoms. The summed E-state index contributed by atoms with van der Waals surface area (Å²) in [6, 6.07) is 9.96. The van der Waals surface area contributed by atoms with E-state index in [0.717, 1.165) is 24.4 Å².